The average molecular weight is 461 g/mol. The van der Waals surface area contributed by atoms with Gasteiger partial charge in [-0.15, -0.1) is 0 Å². The van der Waals surface area contributed by atoms with E-state index < -0.39 is 12.8 Å². The maximum Gasteiger partial charge on any atom is 0.422 e. The van der Waals surface area contributed by atoms with E-state index in [1.165, 1.54) is 30.0 Å². The van der Waals surface area contributed by atoms with E-state index in [4.69, 9.17) is 9.15 Å². The van der Waals surface area contributed by atoms with Crippen LogP contribution in [0.15, 0.2) is 41.6 Å². The zero-order valence-electron chi connectivity index (χ0n) is 17.3. The number of aryl methyl sites for hydroxylation is 1. The van der Waals surface area contributed by atoms with Crippen molar-refractivity contribution in [3.05, 3.63) is 65.3 Å². The standard InChI is InChI=1S/C21H18F3N5O4/c1-12-4-13(26-6-17(12)33-10-21(22,23)24)7-29-8-16-15(20(29)31)2-3-25-19(16)28-18(30)5-14-9-32-11-27-14/h2-4,6,9,11H,5,7-8,10H2,1H3,(H,25,28,30). The van der Waals surface area contributed by atoms with Crippen LogP contribution < -0.4 is 10.1 Å². The van der Waals surface area contributed by atoms with Crippen LogP contribution in [-0.4, -0.2) is 44.4 Å². The maximum absolute atomic E-state index is 12.8. The van der Waals surface area contributed by atoms with Crippen LogP contribution in [0.5, 0.6) is 5.75 Å². The van der Waals surface area contributed by atoms with Crippen LogP contribution in [0.2, 0.25) is 0 Å². The Morgan fingerprint density at radius 3 is 2.79 bits per heavy atom. The van der Waals surface area contributed by atoms with Gasteiger partial charge in [0.25, 0.3) is 5.91 Å². The minimum Gasteiger partial charge on any atom is -0.482 e. The van der Waals surface area contributed by atoms with Crippen LogP contribution in [-0.2, 0) is 24.3 Å². The molecule has 1 aliphatic rings. The molecule has 0 atom stereocenters. The van der Waals surface area contributed by atoms with E-state index in [0.717, 1.165) is 0 Å². The number of amides is 2. The summed E-state index contributed by atoms with van der Waals surface area (Å²) in [4.78, 5) is 38.9. The Kier molecular flexibility index (Phi) is 5.99. The number of carbonyl (C=O) groups excluding carboxylic acids is 2. The molecule has 1 N–H and O–H groups in total. The summed E-state index contributed by atoms with van der Waals surface area (Å²) in [6.07, 6.45) is 0.771. The number of halogens is 3. The normalized spacial score (nSPS) is 13.2. The topological polar surface area (TPSA) is 110 Å². The first-order valence-corrected chi connectivity index (χ1v) is 9.79. The molecule has 4 rings (SSSR count). The molecule has 0 spiro atoms. The highest BCUT2D eigenvalue weighted by molar-refractivity contribution is 6.01. The second kappa shape index (κ2) is 8.88. The molecule has 0 radical (unpaired) electrons. The number of carbonyl (C=O) groups is 2. The van der Waals surface area contributed by atoms with Crippen molar-refractivity contribution < 1.29 is 31.9 Å². The molecule has 33 heavy (non-hydrogen) atoms. The van der Waals surface area contributed by atoms with Gasteiger partial charge >= 0.3 is 6.18 Å². The Balaban J connectivity index is 1.44. The van der Waals surface area contributed by atoms with Gasteiger partial charge in [-0.1, -0.05) is 0 Å². The van der Waals surface area contributed by atoms with Crippen molar-refractivity contribution in [2.45, 2.75) is 32.6 Å². The average Bonchev–Trinajstić information content (AvgIpc) is 3.36. The Morgan fingerprint density at radius 2 is 2.09 bits per heavy atom. The fourth-order valence-electron chi connectivity index (χ4n) is 3.38. The number of aromatic nitrogens is 3. The number of anilines is 1. The third-order valence-corrected chi connectivity index (χ3v) is 4.87. The van der Waals surface area contributed by atoms with Crippen molar-refractivity contribution in [3.8, 4) is 5.75 Å². The number of nitrogens with one attached hydrogen (secondary N) is 1. The van der Waals surface area contributed by atoms with Crippen LogP contribution in [0.3, 0.4) is 0 Å². The monoisotopic (exact) mass is 461 g/mol. The van der Waals surface area contributed by atoms with E-state index >= 15 is 0 Å². The Hall–Kier alpha value is -3.96. The molecule has 1 aliphatic heterocycles. The molecule has 0 aromatic carbocycles. The fourth-order valence-corrected chi connectivity index (χ4v) is 3.38. The number of rotatable bonds is 7. The number of fused-ring (bicyclic) bond motifs is 1. The van der Waals surface area contributed by atoms with Gasteiger partial charge in [0.2, 0.25) is 5.91 Å². The van der Waals surface area contributed by atoms with Crippen LogP contribution >= 0.6 is 0 Å². The first-order chi connectivity index (χ1) is 15.7. The van der Waals surface area contributed by atoms with E-state index in [2.05, 4.69) is 20.3 Å². The van der Waals surface area contributed by atoms with Crippen molar-refractivity contribution in [2.75, 3.05) is 11.9 Å². The summed E-state index contributed by atoms with van der Waals surface area (Å²) in [6, 6.07) is 3.14. The quantitative estimate of drug-likeness (QED) is 0.576. The summed E-state index contributed by atoms with van der Waals surface area (Å²) in [7, 11) is 0. The van der Waals surface area contributed by atoms with Crippen LogP contribution in [0.25, 0.3) is 0 Å². The van der Waals surface area contributed by atoms with E-state index in [1.54, 1.807) is 19.1 Å². The summed E-state index contributed by atoms with van der Waals surface area (Å²) in [5.74, 6) is -0.330. The van der Waals surface area contributed by atoms with Crippen molar-refractivity contribution in [1.29, 1.82) is 0 Å². The van der Waals surface area contributed by atoms with E-state index in [0.29, 0.717) is 28.1 Å². The Bertz CT molecular complexity index is 1180. The number of nitrogens with zero attached hydrogens (tertiary/aromatic N) is 4. The summed E-state index contributed by atoms with van der Waals surface area (Å²) in [5, 5.41) is 2.69. The molecule has 2 amide bonds. The van der Waals surface area contributed by atoms with Gasteiger partial charge in [0.05, 0.1) is 37.1 Å². The molecule has 4 heterocycles. The van der Waals surface area contributed by atoms with Gasteiger partial charge in [0.1, 0.15) is 17.8 Å². The van der Waals surface area contributed by atoms with Crippen LogP contribution in [0, 0.1) is 6.92 Å². The Labute approximate surface area is 185 Å². The van der Waals surface area contributed by atoms with E-state index in [-0.39, 0.29) is 42.9 Å². The van der Waals surface area contributed by atoms with Crippen molar-refractivity contribution in [2.24, 2.45) is 0 Å². The van der Waals surface area contributed by atoms with Gasteiger partial charge < -0.3 is 19.4 Å². The molecule has 0 saturated heterocycles. The third-order valence-electron chi connectivity index (χ3n) is 4.87. The maximum atomic E-state index is 12.8. The molecule has 0 aliphatic carbocycles. The zero-order valence-corrected chi connectivity index (χ0v) is 17.3. The molecule has 0 bridgehead atoms. The molecular weight excluding hydrogens is 443 g/mol. The minimum absolute atomic E-state index is 0.00847. The second-order valence-corrected chi connectivity index (χ2v) is 7.40. The smallest absolute Gasteiger partial charge is 0.422 e. The predicted molar refractivity (Wildman–Crippen MR) is 107 cm³/mol. The number of ether oxygens (including phenoxy) is 1. The summed E-state index contributed by atoms with van der Waals surface area (Å²) in [5.41, 5.74) is 2.39. The van der Waals surface area contributed by atoms with Crippen LogP contribution in [0.1, 0.15) is 32.9 Å². The lowest BCUT2D eigenvalue weighted by Crippen LogP contribution is -2.24. The largest absolute Gasteiger partial charge is 0.482 e. The highest BCUT2D eigenvalue weighted by atomic mass is 19.4. The van der Waals surface area contributed by atoms with Gasteiger partial charge in [-0.05, 0) is 24.6 Å². The third kappa shape index (κ3) is 5.27. The molecule has 0 fully saturated rings. The van der Waals surface area contributed by atoms with E-state index in [9.17, 15) is 22.8 Å². The van der Waals surface area contributed by atoms with Gasteiger partial charge in [-0.25, -0.2) is 9.97 Å². The van der Waals surface area contributed by atoms with Gasteiger partial charge in [0.15, 0.2) is 13.0 Å². The van der Waals surface area contributed by atoms with Gasteiger partial charge in [-0.3, -0.25) is 14.6 Å². The van der Waals surface area contributed by atoms with Crippen molar-refractivity contribution in [3.63, 3.8) is 0 Å². The van der Waals surface area contributed by atoms with Crippen LogP contribution in [0.4, 0.5) is 19.0 Å². The highest BCUT2D eigenvalue weighted by Gasteiger charge is 2.31. The predicted octanol–water partition coefficient (Wildman–Crippen LogP) is 3.05. The summed E-state index contributed by atoms with van der Waals surface area (Å²) >= 11 is 0. The SMILES string of the molecule is Cc1cc(CN2Cc3c(ccnc3NC(=O)Cc3cocn3)C2=O)ncc1OCC(F)(F)F. The molecule has 3 aromatic heterocycles. The molecule has 0 unspecified atom stereocenters. The zero-order chi connectivity index (χ0) is 23.6. The van der Waals surface area contributed by atoms with Gasteiger partial charge in [-0.2, -0.15) is 13.2 Å². The second-order valence-electron chi connectivity index (χ2n) is 7.40. The lowest BCUT2D eigenvalue weighted by Gasteiger charge is -2.17. The first-order valence-electron chi connectivity index (χ1n) is 9.79. The number of hydrogen-bond donors (Lipinski definition) is 1. The molecular formula is C21H18F3N5O4. The lowest BCUT2D eigenvalue weighted by molar-refractivity contribution is -0.153. The van der Waals surface area contributed by atoms with E-state index in [1.807, 2.05) is 0 Å². The lowest BCUT2D eigenvalue weighted by atomic mass is 10.1. The fraction of sp³-hybridized carbons (Fsp3) is 0.286. The molecule has 0 saturated carbocycles. The minimum atomic E-state index is -4.45. The number of pyridine rings is 2. The molecule has 12 heteroatoms. The molecule has 172 valence electrons. The summed E-state index contributed by atoms with van der Waals surface area (Å²) in [6.45, 7) is 0.506. The molecule has 3 aromatic rings. The number of alkyl halides is 3. The van der Waals surface area contributed by atoms with Crippen molar-refractivity contribution >= 4 is 17.6 Å². The Morgan fingerprint density at radius 1 is 1.27 bits per heavy atom. The number of oxazole rings is 1. The summed E-state index contributed by atoms with van der Waals surface area (Å²) < 4.78 is 46.7. The first kappa shape index (κ1) is 22.2. The molecule has 9 nitrogen and oxygen atoms in total. The highest BCUT2D eigenvalue weighted by Crippen LogP contribution is 2.29. The van der Waals surface area contributed by atoms with Crippen molar-refractivity contribution in [1.82, 2.24) is 19.9 Å². The van der Waals surface area contributed by atoms with Gasteiger partial charge in [0, 0.05) is 17.3 Å². The number of hydrogen-bond acceptors (Lipinski definition) is 7.